The number of ether oxygens (including phenoxy) is 2. The maximum absolute atomic E-state index is 12.4. The van der Waals surface area contributed by atoms with E-state index in [4.69, 9.17) is 9.47 Å². The summed E-state index contributed by atoms with van der Waals surface area (Å²) in [6.07, 6.45) is 0.458. The lowest BCUT2D eigenvalue weighted by atomic mass is 10.1. The molecule has 3 rings (SSSR count). The topological polar surface area (TPSA) is 79.4 Å². The van der Waals surface area contributed by atoms with Crippen molar-refractivity contribution in [1.29, 1.82) is 0 Å². The number of carbonyl (C=O) groups excluding carboxylic acids is 3. The third kappa shape index (κ3) is 6.01. The van der Waals surface area contributed by atoms with Gasteiger partial charge in [0, 0.05) is 51.3 Å². The molecule has 0 aromatic heterocycles. The van der Waals surface area contributed by atoms with Gasteiger partial charge in [-0.15, -0.1) is 0 Å². The molecule has 0 bridgehead atoms. The molecule has 0 atom stereocenters. The number of hydrogen-bond donors (Lipinski definition) is 0. The molecule has 1 aromatic carbocycles. The highest BCUT2D eigenvalue weighted by molar-refractivity contribution is 5.95. The summed E-state index contributed by atoms with van der Waals surface area (Å²) in [6, 6.07) is 6.84. The maximum atomic E-state index is 12.4. The van der Waals surface area contributed by atoms with Crippen LogP contribution >= 0.6 is 0 Å². The lowest BCUT2D eigenvalue weighted by molar-refractivity contribution is -0.141. The van der Waals surface area contributed by atoms with Gasteiger partial charge in [0.1, 0.15) is 5.75 Å². The molecular formula is C21H29N3O5. The van der Waals surface area contributed by atoms with Gasteiger partial charge in [-0.3, -0.25) is 19.3 Å². The van der Waals surface area contributed by atoms with Gasteiger partial charge in [0.2, 0.25) is 5.91 Å². The summed E-state index contributed by atoms with van der Waals surface area (Å²) >= 11 is 0. The van der Waals surface area contributed by atoms with E-state index in [1.165, 1.54) is 0 Å². The number of morpholine rings is 1. The van der Waals surface area contributed by atoms with E-state index in [2.05, 4.69) is 4.90 Å². The quantitative estimate of drug-likeness (QED) is 0.623. The maximum Gasteiger partial charge on any atom is 0.260 e. The summed E-state index contributed by atoms with van der Waals surface area (Å²) in [4.78, 5) is 42.2. The van der Waals surface area contributed by atoms with Crippen molar-refractivity contribution in [3.63, 3.8) is 0 Å². The van der Waals surface area contributed by atoms with Crippen LogP contribution in [-0.2, 0) is 14.3 Å². The van der Waals surface area contributed by atoms with E-state index >= 15 is 0 Å². The molecule has 2 fully saturated rings. The number of piperazine rings is 1. The van der Waals surface area contributed by atoms with Crippen LogP contribution < -0.4 is 4.74 Å². The lowest BCUT2D eigenvalue weighted by Gasteiger charge is -2.36. The molecule has 2 aliphatic heterocycles. The fraction of sp³-hybridized carbons (Fsp3) is 0.571. The molecule has 2 saturated heterocycles. The van der Waals surface area contributed by atoms with E-state index in [9.17, 15) is 14.4 Å². The zero-order chi connectivity index (χ0) is 20.6. The van der Waals surface area contributed by atoms with Crippen LogP contribution in [0.2, 0.25) is 0 Å². The molecule has 0 radical (unpaired) electrons. The Morgan fingerprint density at radius 3 is 2.07 bits per heavy atom. The number of amides is 2. The second kappa shape index (κ2) is 10.4. The Hall–Kier alpha value is -2.45. The fourth-order valence-corrected chi connectivity index (χ4v) is 3.43. The molecule has 2 aliphatic rings. The Morgan fingerprint density at radius 2 is 1.48 bits per heavy atom. The summed E-state index contributed by atoms with van der Waals surface area (Å²) in [5.41, 5.74) is 0.643. The standard InChI is InChI=1S/C21H29N3O5/c1-2-19(25)17-3-5-18(6-4-17)29-16-21(27)24-9-7-23(8-10-24)20(26)15-22-11-13-28-14-12-22/h3-6H,2,7-16H2,1H3. The molecule has 2 heterocycles. The van der Waals surface area contributed by atoms with Crippen LogP contribution in [0.5, 0.6) is 5.75 Å². The van der Waals surface area contributed by atoms with E-state index in [0.29, 0.717) is 63.7 Å². The Morgan fingerprint density at radius 1 is 0.897 bits per heavy atom. The van der Waals surface area contributed by atoms with Crippen LogP contribution in [0, 0.1) is 0 Å². The molecule has 0 spiro atoms. The van der Waals surface area contributed by atoms with E-state index in [1.54, 1.807) is 29.2 Å². The first-order valence-corrected chi connectivity index (χ1v) is 10.2. The molecule has 0 saturated carbocycles. The summed E-state index contributed by atoms with van der Waals surface area (Å²) in [6.45, 7) is 7.22. The summed E-state index contributed by atoms with van der Waals surface area (Å²) < 4.78 is 10.9. The second-order valence-corrected chi connectivity index (χ2v) is 7.24. The van der Waals surface area contributed by atoms with Gasteiger partial charge in [-0.1, -0.05) is 6.92 Å². The monoisotopic (exact) mass is 403 g/mol. The van der Waals surface area contributed by atoms with Crippen LogP contribution in [-0.4, -0.2) is 97.9 Å². The molecular weight excluding hydrogens is 374 g/mol. The van der Waals surface area contributed by atoms with Gasteiger partial charge in [-0.2, -0.15) is 0 Å². The predicted octanol–water partition coefficient (Wildman–Crippen LogP) is 0.661. The summed E-state index contributed by atoms with van der Waals surface area (Å²) in [5.74, 6) is 0.648. The molecule has 0 unspecified atom stereocenters. The first-order valence-electron chi connectivity index (χ1n) is 10.2. The minimum absolute atomic E-state index is 0.0528. The molecule has 29 heavy (non-hydrogen) atoms. The molecule has 8 nitrogen and oxygen atoms in total. The number of benzene rings is 1. The molecule has 158 valence electrons. The Kier molecular flexibility index (Phi) is 7.60. The highest BCUT2D eigenvalue weighted by Gasteiger charge is 2.25. The van der Waals surface area contributed by atoms with Crippen molar-refractivity contribution in [2.75, 3.05) is 65.6 Å². The lowest BCUT2D eigenvalue weighted by Crippen LogP contribution is -2.54. The van der Waals surface area contributed by atoms with Gasteiger partial charge in [-0.25, -0.2) is 0 Å². The van der Waals surface area contributed by atoms with Gasteiger partial charge in [0.05, 0.1) is 19.8 Å². The van der Waals surface area contributed by atoms with E-state index < -0.39 is 0 Å². The number of rotatable bonds is 7. The van der Waals surface area contributed by atoms with Crippen molar-refractivity contribution in [2.45, 2.75) is 13.3 Å². The molecule has 1 aromatic rings. The van der Waals surface area contributed by atoms with Gasteiger partial charge in [-0.05, 0) is 24.3 Å². The first kappa shape index (κ1) is 21.3. The van der Waals surface area contributed by atoms with Gasteiger partial charge in [0.25, 0.3) is 5.91 Å². The van der Waals surface area contributed by atoms with Crippen molar-refractivity contribution in [3.05, 3.63) is 29.8 Å². The highest BCUT2D eigenvalue weighted by atomic mass is 16.5. The number of ketones is 1. The summed E-state index contributed by atoms with van der Waals surface area (Å²) in [7, 11) is 0. The average molecular weight is 403 g/mol. The number of Topliss-reactive ketones (excluding diaryl/α,β-unsaturated/α-hetero) is 1. The van der Waals surface area contributed by atoms with Gasteiger partial charge >= 0.3 is 0 Å². The van der Waals surface area contributed by atoms with Crippen LogP contribution in [0.25, 0.3) is 0 Å². The molecule has 8 heteroatoms. The van der Waals surface area contributed by atoms with Crippen LogP contribution in [0.1, 0.15) is 23.7 Å². The van der Waals surface area contributed by atoms with Crippen molar-refractivity contribution >= 4 is 17.6 Å². The SMILES string of the molecule is CCC(=O)c1ccc(OCC(=O)N2CCN(C(=O)CN3CCOCC3)CC2)cc1. The smallest absolute Gasteiger partial charge is 0.260 e. The number of nitrogens with zero attached hydrogens (tertiary/aromatic N) is 3. The van der Waals surface area contributed by atoms with E-state index in [0.717, 1.165) is 13.1 Å². The third-order valence-electron chi connectivity index (χ3n) is 5.31. The van der Waals surface area contributed by atoms with Crippen molar-refractivity contribution in [3.8, 4) is 5.75 Å². The van der Waals surface area contributed by atoms with Gasteiger partial charge in [0.15, 0.2) is 12.4 Å². The zero-order valence-corrected chi connectivity index (χ0v) is 17.0. The second-order valence-electron chi connectivity index (χ2n) is 7.24. The summed E-state index contributed by atoms with van der Waals surface area (Å²) in [5, 5.41) is 0. The first-order chi connectivity index (χ1) is 14.1. The predicted molar refractivity (Wildman–Crippen MR) is 107 cm³/mol. The van der Waals surface area contributed by atoms with Crippen molar-refractivity contribution in [2.24, 2.45) is 0 Å². The molecule has 0 N–H and O–H groups in total. The normalized spacial score (nSPS) is 17.8. The van der Waals surface area contributed by atoms with Crippen LogP contribution in [0.15, 0.2) is 24.3 Å². The third-order valence-corrected chi connectivity index (χ3v) is 5.31. The Balaban J connectivity index is 1.39. The van der Waals surface area contributed by atoms with E-state index in [-0.39, 0.29) is 24.2 Å². The minimum Gasteiger partial charge on any atom is -0.484 e. The highest BCUT2D eigenvalue weighted by Crippen LogP contribution is 2.14. The van der Waals surface area contributed by atoms with Crippen molar-refractivity contribution in [1.82, 2.24) is 14.7 Å². The zero-order valence-electron chi connectivity index (χ0n) is 17.0. The largest absolute Gasteiger partial charge is 0.484 e. The Bertz CT molecular complexity index is 708. The average Bonchev–Trinajstić information content (AvgIpc) is 2.78. The van der Waals surface area contributed by atoms with Crippen molar-refractivity contribution < 1.29 is 23.9 Å². The fourth-order valence-electron chi connectivity index (χ4n) is 3.43. The molecule has 0 aliphatic carbocycles. The molecule has 2 amide bonds. The van der Waals surface area contributed by atoms with E-state index in [1.807, 2.05) is 11.8 Å². The van der Waals surface area contributed by atoms with Crippen LogP contribution in [0.4, 0.5) is 0 Å². The van der Waals surface area contributed by atoms with Gasteiger partial charge < -0.3 is 19.3 Å². The number of carbonyl (C=O) groups is 3. The number of hydrogen-bond acceptors (Lipinski definition) is 6. The Labute approximate surface area is 171 Å². The minimum atomic E-state index is -0.0982. The van der Waals surface area contributed by atoms with Crippen LogP contribution in [0.3, 0.4) is 0 Å².